The molecule has 0 spiro atoms. The number of benzene rings is 1. The second kappa shape index (κ2) is 4.42. The minimum Gasteiger partial charge on any atom is -0.486 e. The molecule has 19 heavy (non-hydrogen) atoms. The Kier molecular flexibility index (Phi) is 3.18. The number of aliphatic carboxylic acids is 1. The van der Waals surface area contributed by atoms with Gasteiger partial charge < -0.3 is 19.7 Å². The molecular formula is C14H18O5. The van der Waals surface area contributed by atoms with E-state index in [1.807, 2.05) is 26.0 Å². The van der Waals surface area contributed by atoms with E-state index in [-0.39, 0.29) is 12.2 Å². The molecule has 1 aromatic rings. The van der Waals surface area contributed by atoms with Crippen LogP contribution in [0.25, 0.3) is 0 Å². The van der Waals surface area contributed by atoms with Crippen LogP contribution in [0.15, 0.2) is 18.2 Å². The van der Waals surface area contributed by atoms with Gasteiger partial charge in [0.2, 0.25) is 0 Å². The Labute approximate surface area is 111 Å². The van der Waals surface area contributed by atoms with E-state index < -0.39 is 11.6 Å². The molecule has 0 bridgehead atoms. The van der Waals surface area contributed by atoms with E-state index in [0.717, 1.165) is 12.0 Å². The summed E-state index contributed by atoms with van der Waals surface area (Å²) in [6, 6.07) is 5.48. The van der Waals surface area contributed by atoms with Crippen LogP contribution in [-0.2, 0) is 11.2 Å². The molecule has 2 rings (SSSR count). The largest absolute Gasteiger partial charge is 0.486 e. The molecule has 0 fully saturated rings. The van der Waals surface area contributed by atoms with Gasteiger partial charge in [-0.15, -0.1) is 0 Å². The monoisotopic (exact) mass is 266 g/mol. The average molecular weight is 266 g/mol. The van der Waals surface area contributed by atoms with Gasteiger partial charge >= 0.3 is 5.97 Å². The summed E-state index contributed by atoms with van der Waals surface area (Å²) in [6.07, 6.45) is 0.773. The molecule has 2 N–H and O–H groups in total. The summed E-state index contributed by atoms with van der Waals surface area (Å²) in [7, 11) is 0. The zero-order valence-electron chi connectivity index (χ0n) is 11.3. The van der Waals surface area contributed by atoms with Crippen molar-refractivity contribution in [1.82, 2.24) is 0 Å². The maximum atomic E-state index is 10.8. The number of para-hydroxylation sites is 1. The lowest BCUT2D eigenvalue weighted by molar-refractivity contribution is -0.159. The van der Waals surface area contributed by atoms with Crippen LogP contribution in [0.3, 0.4) is 0 Å². The Hall–Kier alpha value is -1.75. The number of aliphatic hydroxyl groups is 1. The van der Waals surface area contributed by atoms with E-state index in [2.05, 4.69) is 0 Å². The summed E-state index contributed by atoms with van der Waals surface area (Å²) in [5, 5.41) is 18.5. The van der Waals surface area contributed by atoms with E-state index in [9.17, 15) is 9.90 Å². The molecule has 0 radical (unpaired) electrons. The van der Waals surface area contributed by atoms with Crippen LogP contribution >= 0.6 is 0 Å². The molecule has 1 aliphatic rings. The quantitative estimate of drug-likeness (QED) is 0.866. The van der Waals surface area contributed by atoms with E-state index in [0.29, 0.717) is 11.5 Å². The number of carboxylic acid groups (broad SMARTS) is 1. The van der Waals surface area contributed by atoms with Gasteiger partial charge in [-0.2, -0.15) is 0 Å². The first-order chi connectivity index (χ1) is 8.71. The van der Waals surface area contributed by atoms with Crippen LogP contribution in [0.5, 0.6) is 11.5 Å². The first-order valence-electron chi connectivity index (χ1n) is 6.11. The van der Waals surface area contributed by atoms with E-state index in [1.165, 1.54) is 6.92 Å². The summed E-state index contributed by atoms with van der Waals surface area (Å²) >= 11 is 0. The number of hydrogen-bond donors (Lipinski definition) is 2. The molecule has 1 aliphatic heterocycles. The van der Waals surface area contributed by atoms with Gasteiger partial charge in [-0.25, -0.2) is 4.79 Å². The van der Waals surface area contributed by atoms with Gasteiger partial charge in [0.1, 0.15) is 12.2 Å². The summed E-state index contributed by atoms with van der Waals surface area (Å²) < 4.78 is 11.2. The van der Waals surface area contributed by atoms with Gasteiger partial charge in [0.05, 0.1) is 0 Å². The molecule has 1 unspecified atom stereocenters. The van der Waals surface area contributed by atoms with Crippen LogP contribution in [0.1, 0.15) is 26.3 Å². The maximum Gasteiger partial charge on any atom is 0.339 e. The Bertz CT molecular complexity index is 505. The summed E-state index contributed by atoms with van der Waals surface area (Å²) in [5.74, 6) is -0.223. The molecule has 0 saturated carbocycles. The highest BCUT2D eigenvalue weighted by Crippen LogP contribution is 2.41. The number of fused-ring (bicyclic) bond motifs is 1. The Morgan fingerprint density at radius 2 is 2.21 bits per heavy atom. The van der Waals surface area contributed by atoms with Crippen molar-refractivity contribution >= 4 is 5.97 Å². The van der Waals surface area contributed by atoms with Gasteiger partial charge in [0.15, 0.2) is 17.1 Å². The van der Waals surface area contributed by atoms with Crippen molar-refractivity contribution in [3.8, 4) is 11.5 Å². The lowest BCUT2D eigenvalue weighted by atomic mass is 10.0. The van der Waals surface area contributed by atoms with Crippen LogP contribution in [0.2, 0.25) is 0 Å². The molecule has 5 nitrogen and oxygen atoms in total. The molecular weight excluding hydrogens is 248 g/mol. The van der Waals surface area contributed by atoms with Crippen LogP contribution < -0.4 is 9.47 Å². The topological polar surface area (TPSA) is 76.0 Å². The minimum absolute atomic E-state index is 0.295. The SMILES string of the molecule is CC1(C)Cc2cccc(OCC(C)(O)C(=O)O)c2O1. The minimum atomic E-state index is -1.92. The highest BCUT2D eigenvalue weighted by Gasteiger charge is 2.34. The normalized spacial score (nSPS) is 19.2. The van der Waals surface area contributed by atoms with E-state index in [1.54, 1.807) is 6.07 Å². The molecule has 5 heteroatoms. The molecule has 0 aliphatic carbocycles. The molecule has 0 saturated heterocycles. The lowest BCUT2D eigenvalue weighted by Gasteiger charge is -2.21. The van der Waals surface area contributed by atoms with E-state index >= 15 is 0 Å². The zero-order valence-corrected chi connectivity index (χ0v) is 11.3. The van der Waals surface area contributed by atoms with Gasteiger partial charge in [0, 0.05) is 12.0 Å². The second-order valence-electron chi connectivity index (χ2n) is 5.65. The van der Waals surface area contributed by atoms with Crippen molar-refractivity contribution < 1.29 is 24.5 Å². The summed E-state index contributed by atoms with van der Waals surface area (Å²) in [6.45, 7) is 4.82. The molecule has 1 heterocycles. The third kappa shape index (κ3) is 2.81. The third-order valence-corrected chi connectivity index (χ3v) is 3.02. The second-order valence-corrected chi connectivity index (χ2v) is 5.65. The first-order valence-corrected chi connectivity index (χ1v) is 6.11. The predicted molar refractivity (Wildman–Crippen MR) is 68.6 cm³/mol. The molecule has 104 valence electrons. The highest BCUT2D eigenvalue weighted by molar-refractivity contribution is 5.76. The van der Waals surface area contributed by atoms with Crippen LogP contribution in [0.4, 0.5) is 0 Å². The zero-order chi connectivity index (χ0) is 14.3. The standard InChI is InChI=1S/C14H18O5/c1-13(2)7-9-5-4-6-10(11(9)19-13)18-8-14(3,17)12(15)16/h4-6,17H,7-8H2,1-3H3,(H,15,16). The van der Waals surface area contributed by atoms with Gasteiger partial charge in [0.25, 0.3) is 0 Å². The average Bonchev–Trinajstić information content (AvgIpc) is 2.60. The van der Waals surface area contributed by atoms with Crippen molar-refractivity contribution in [2.24, 2.45) is 0 Å². The highest BCUT2D eigenvalue weighted by atomic mass is 16.5. The Morgan fingerprint density at radius 3 is 2.84 bits per heavy atom. The van der Waals surface area contributed by atoms with Crippen LogP contribution in [0, 0.1) is 0 Å². The molecule has 1 atom stereocenters. The fourth-order valence-electron chi connectivity index (χ4n) is 1.98. The van der Waals surface area contributed by atoms with Crippen molar-refractivity contribution in [1.29, 1.82) is 0 Å². The smallest absolute Gasteiger partial charge is 0.339 e. The van der Waals surface area contributed by atoms with Crippen molar-refractivity contribution in [2.75, 3.05) is 6.61 Å². The molecule has 1 aromatic carbocycles. The molecule has 0 amide bonds. The predicted octanol–water partition coefficient (Wildman–Crippen LogP) is 1.61. The third-order valence-electron chi connectivity index (χ3n) is 3.02. The van der Waals surface area contributed by atoms with Gasteiger partial charge in [-0.05, 0) is 26.8 Å². The van der Waals surface area contributed by atoms with Crippen LogP contribution in [-0.4, -0.2) is 34.0 Å². The first kappa shape index (κ1) is 13.7. The fraction of sp³-hybridized carbons (Fsp3) is 0.500. The Balaban J connectivity index is 2.16. The number of ether oxygens (including phenoxy) is 2. The van der Waals surface area contributed by atoms with E-state index in [4.69, 9.17) is 14.6 Å². The summed E-state index contributed by atoms with van der Waals surface area (Å²) in [4.78, 5) is 10.8. The van der Waals surface area contributed by atoms with Gasteiger partial charge in [-0.3, -0.25) is 0 Å². The number of carboxylic acids is 1. The maximum absolute atomic E-state index is 10.8. The van der Waals surface area contributed by atoms with Crippen molar-refractivity contribution in [2.45, 2.75) is 38.4 Å². The fourth-order valence-corrected chi connectivity index (χ4v) is 1.98. The summed E-state index contributed by atoms with van der Waals surface area (Å²) in [5.41, 5.74) is -1.19. The Morgan fingerprint density at radius 1 is 1.53 bits per heavy atom. The number of hydrogen-bond acceptors (Lipinski definition) is 4. The van der Waals surface area contributed by atoms with Crippen molar-refractivity contribution in [3.05, 3.63) is 23.8 Å². The van der Waals surface area contributed by atoms with Gasteiger partial charge in [-0.1, -0.05) is 12.1 Å². The van der Waals surface area contributed by atoms with Crippen molar-refractivity contribution in [3.63, 3.8) is 0 Å². The molecule has 0 aromatic heterocycles. The number of carbonyl (C=O) groups is 1. The number of rotatable bonds is 4. The lowest BCUT2D eigenvalue weighted by Crippen LogP contribution is -2.41.